The van der Waals surface area contributed by atoms with Crippen LogP contribution >= 0.6 is 23.2 Å². The molecule has 3 heteroatoms. The average Bonchev–Trinajstić information content (AvgIpc) is 2.39. The first-order valence-corrected chi connectivity index (χ1v) is 4.57. The fourth-order valence-electron chi connectivity index (χ4n) is 1.41. The van der Waals surface area contributed by atoms with E-state index in [-0.39, 0.29) is 6.10 Å². The van der Waals surface area contributed by atoms with E-state index >= 15 is 0 Å². The van der Waals surface area contributed by atoms with Gasteiger partial charge in [0.1, 0.15) is 16.9 Å². The second-order valence-corrected chi connectivity index (χ2v) is 3.77. The van der Waals surface area contributed by atoms with Gasteiger partial charge in [-0.15, -0.1) is 0 Å². The number of hydrogen-bond acceptors (Lipinski definition) is 1. The van der Waals surface area contributed by atoms with Crippen molar-refractivity contribution in [1.82, 2.24) is 0 Å². The summed E-state index contributed by atoms with van der Waals surface area (Å²) < 4.78 is 5.50. The summed E-state index contributed by atoms with van der Waals surface area (Å²) in [6.07, 6.45) is 1.14. The van der Waals surface area contributed by atoms with Gasteiger partial charge >= 0.3 is 0 Å². The molecule has 1 aromatic rings. The van der Waals surface area contributed by atoms with Crippen molar-refractivity contribution >= 4 is 23.2 Å². The van der Waals surface area contributed by atoms with Crippen LogP contribution in [0.3, 0.4) is 0 Å². The number of rotatable bonds is 0. The largest absolute Gasteiger partial charge is 0.488 e. The van der Waals surface area contributed by atoms with E-state index in [9.17, 15) is 0 Å². The minimum Gasteiger partial charge on any atom is -0.488 e. The smallest absolute Gasteiger partial charge is 0.143 e. The lowest BCUT2D eigenvalue weighted by Gasteiger charge is -2.04. The molecule has 0 fully saturated rings. The minimum absolute atomic E-state index is 0.218. The first kappa shape index (κ1) is 8.21. The topological polar surface area (TPSA) is 9.23 Å². The van der Waals surface area contributed by atoms with Gasteiger partial charge in [0.25, 0.3) is 0 Å². The highest BCUT2D eigenvalue weighted by molar-refractivity contribution is 6.43. The van der Waals surface area contributed by atoms with Crippen LogP contribution in [0.5, 0.6) is 5.75 Å². The zero-order valence-corrected chi connectivity index (χ0v) is 8.12. The molecule has 64 valence electrons. The van der Waals surface area contributed by atoms with Crippen LogP contribution < -0.4 is 4.74 Å². The van der Waals surface area contributed by atoms with Crippen molar-refractivity contribution in [2.45, 2.75) is 19.4 Å². The van der Waals surface area contributed by atoms with Crippen LogP contribution in [-0.4, -0.2) is 6.10 Å². The van der Waals surface area contributed by atoms with Gasteiger partial charge in [0.15, 0.2) is 0 Å². The Labute approximate surface area is 81.2 Å². The van der Waals surface area contributed by atoms with Gasteiger partial charge in [-0.3, -0.25) is 0 Å². The number of benzene rings is 1. The summed E-state index contributed by atoms with van der Waals surface area (Å²) in [6, 6.07) is 3.77. The summed E-state index contributed by atoms with van der Waals surface area (Å²) in [5, 5.41) is 1.10. The predicted octanol–water partition coefficient (Wildman–Crippen LogP) is 3.32. The van der Waals surface area contributed by atoms with E-state index in [0.717, 1.165) is 17.7 Å². The average molecular weight is 203 g/mol. The molecule has 0 N–H and O–H groups in total. The molecule has 0 radical (unpaired) electrons. The maximum atomic E-state index is 5.95. The molecule has 1 aliphatic rings. The highest BCUT2D eigenvalue weighted by Gasteiger charge is 2.22. The molecular formula is C9H8Cl2O. The van der Waals surface area contributed by atoms with Crippen LogP contribution in [0.15, 0.2) is 12.1 Å². The maximum absolute atomic E-state index is 5.95. The molecule has 0 aromatic heterocycles. The second kappa shape index (κ2) is 2.82. The van der Waals surface area contributed by atoms with Crippen molar-refractivity contribution in [2.75, 3.05) is 0 Å². The zero-order valence-electron chi connectivity index (χ0n) is 6.60. The summed E-state index contributed by atoms with van der Waals surface area (Å²) in [5.74, 6) is 0.761. The van der Waals surface area contributed by atoms with Gasteiger partial charge < -0.3 is 4.74 Å². The lowest BCUT2D eigenvalue weighted by Crippen LogP contribution is -2.05. The quantitative estimate of drug-likeness (QED) is 0.628. The molecule has 12 heavy (non-hydrogen) atoms. The minimum atomic E-state index is 0.218. The van der Waals surface area contributed by atoms with Gasteiger partial charge in [0, 0.05) is 6.42 Å². The van der Waals surface area contributed by atoms with Crippen LogP contribution in [0, 0.1) is 0 Å². The first-order valence-electron chi connectivity index (χ1n) is 3.82. The Hall–Kier alpha value is -0.400. The molecule has 0 spiro atoms. The molecule has 0 saturated carbocycles. The van der Waals surface area contributed by atoms with Crippen molar-refractivity contribution < 1.29 is 4.74 Å². The summed E-state index contributed by atoms with van der Waals surface area (Å²) in [6.45, 7) is 2.02. The van der Waals surface area contributed by atoms with Gasteiger partial charge in [-0.05, 0) is 18.6 Å². The van der Waals surface area contributed by atoms with Crippen LogP contribution in [0.1, 0.15) is 12.5 Å². The first-order chi connectivity index (χ1) is 5.68. The predicted molar refractivity (Wildman–Crippen MR) is 50.3 cm³/mol. The molecule has 0 amide bonds. The molecule has 1 atom stereocenters. The fourth-order valence-corrected chi connectivity index (χ4v) is 1.79. The third-order valence-corrected chi connectivity index (χ3v) is 2.74. The molecule has 1 heterocycles. The normalized spacial score (nSPS) is 20.4. The lowest BCUT2D eigenvalue weighted by atomic mass is 10.1. The zero-order chi connectivity index (χ0) is 8.72. The molecule has 1 aliphatic heterocycles. The van der Waals surface area contributed by atoms with E-state index in [0.29, 0.717) is 10.0 Å². The third-order valence-electron chi connectivity index (χ3n) is 1.96. The molecule has 2 rings (SSSR count). The van der Waals surface area contributed by atoms with Crippen molar-refractivity contribution in [3.05, 3.63) is 27.7 Å². The van der Waals surface area contributed by atoms with Crippen molar-refractivity contribution in [2.24, 2.45) is 0 Å². The van der Waals surface area contributed by atoms with Gasteiger partial charge in [0.2, 0.25) is 0 Å². The maximum Gasteiger partial charge on any atom is 0.143 e. The second-order valence-electron chi connectivity index (χ2n) is 2.98. The number of ether oxygens (including phenoxy) is 1. The molecular weight excluding hydrogens is 195 g/mol. The summed E-state index contributed by atoms with van der Waals surface area (Å²) in [7, 11) is 0. The van der Waals surface area contributed by atoms with Gasteiger partial charge in [-0.1, -0.05) is 29.3 Å². The number of halogens is 2. The van der Waals surface area contributed by atoms with Crippen LogP contribution in [0.4, 0.5) is 0 Å². The van der Waals surface area contributed by atoms with Crippen molar-refractivity contribution in [3.8, 4) is 5.75 Å². The SMILES string of the molecule is CC1Cc2ccc(Cl)c(Cl)c2O1. The van der Waals surface area contributed by atoms with Crippen molar-refractivity contribution in [3.63, 3.8) is 0 Å². The highest BCUT2D eigenvalue weighted by Crippen LogP contribution is 2.39. The Morgan fingerprint density at radius 1 is 1.42 bits per heavy atom. The Balaban J connectivity index is 2.54. The Bertz CT molecular complexity index is 323. The number of fused-ring (bicyclic) bond motifs is 1. The van der Waals surface area contributed by atoms with Gasteiger partial charge in [0.05, 0.1) is 5.02 Å². The molecule has 0 aliphatic carbocycles. The Kier molecular flexibility index (Phi) is 1.93. The summed E-state index contributed by atoms with van der Waals surface area (Å²) in [4.78, 5) is 0. The van der Waals surface area contributed by atoms with E-state index in [2.05, 4.69) is 0 Å². The van der Waals surface area contributed by atoms with Crippen LogP contribution in [0.2, 0.25) is 10.0 Å². The Morgan fingerprint density at radius 2 is 2.17 bits per heavy atom. The number of hydrogen-bond donors (Lipinski definition) is 0. The monoisotopic (exact) mass is 202 g/mol. The highest BCUT2D eigenvalue weighted by atomic mass is 35.5. The molecule has 1 nitrogen and oxygen atoms in total. The lowest BCUT2D eigenvalue weighted by molar-refractivity contribution is 0.255. The summed E-state index contributed by atoms with van der Waals surface area (Å²) in [5.41, 5.74) is 1.15. The standard InChI is InChI=1S/C9H8Cl2O/c1-5-4-6-2-3-7(10)8(11)9(6)12-5/h2-3,5H,4H2,1H3. The molecule has 1 unspecified atom stereocenters. The van der Waals surface area contributed by atoms with Crippen LogP contribution in [-0.2, 0) is 6.42 Å². The van der Waals surface area contributed by atoms with Crippen LogP contribution in [0.25, 0.3) is 0 Å². The van der Waals surface area contributed by atoms with Gasteiger partial charge in [-0.25, -0.2) is 0 Å². The van der Waals surface area contributed by atoms with E-state index in [1.165, 1.54) is 0 Å². The summed E-state index contributed by atoms with van der Waals surface area (Å²) >= 11 is 11.8. The third kappa shape index (κ3) is 1.17. The van der Waals surface area contributed by atoms with Crippen molar-refractivity contribution in [1.29, 1.82) is 0 Å². The van der Waals surface area contributed by atoms with E-state index in [1.54, 1.807) is 0 Å². The molecule has 0 saturated heterocycles. The van der Waals surface area contributed by atoms with E-state index in [1.807, 2.05) is 19.1 Å². The van der Waals surface area contributed by atoms with E-state index in [4.69, 9.17) is 27.9 Å². The molecule has 1 aromatic carbocycles. The fraction of sp³-hybridized carbons (Fsp3) is 0.333. The Morgan fingerprint density at radius 3 is 2.92 bits per heavy atom. The van der Waals surface area contributed by atoms with E-state index < -0.39 is 0 Å². The molecule has 0 bridgehead atoms. The van der Waals surface area contributed by atoms with Gasteiger partial charge in [-0.2, -0.15) is 0 Å².